The number of morpholine rings is 1. The van der Waals surface area contributed by atoms with E-state index in [9.17, 15) is 4.79 Å². The van der Waals surface area contributed by atoms with Crippen LogP contribution in [0.3, 0.4) is 0 Å². The maximum Gasteiger partial charge on any atom is 0.241 e. The van der Waals surface area contributed by atoms with Gasteiger partial charge >= 0.3 is 0 Å². The van der Waals surface area contributed by atoms with Crippen LogP contribution in [0.15, 0.2) is 18.2 Å². The summed E-state index contributed by atoms with van der Waals surface area (Å²) in [7, 11) is 0. The van der Waals surface area contributed by atoms with Crippen LogP contribution in [0.25, 0.3) is 0 Å². The number of benzene rings is 1. The summed E-state index contributed by atoms with van der Waals surface area (Å²) in [4.78, 5) is 14.2. The Morgan fingerprint density at radius 1 is 1.50 bits per heavy atom. The third-order valence-electron chi connectivity index (χ3n) is 3.33. The van der Waals surface area contributed by atoms with Crippen LogP contribution < -0.4 is 5.32 Å². The van der Waals surface area contributed by atoms with Crippen LogP contribution in [-0.2, 0) is 9.53 Å². The first-order valence-corrected chi connectivity index (χ1v) is 6.82. The first-order chi connectivity index (χ1) is 9.61. The number of nitrogens with one attached hydrogen (secondary N) is 1. The topological polar surface area (TPSA) is 65.4 Å². The molecule has 1 fully saturated rings. The van der Waals surface area contributed by atoms with Crippen molar-refractivity contribution in [3.05, 3.63) is 28.8 Å². The Kier molecular flexibility index (Phi) is 4.96. The summed E-state index contributed by atoms with van der Waals surface area (Å²) < 4.78 is 5.27. The van der Waals surface area contributed by atoms with Crippen molar-refractivity contribution in [2.45, 2.75) is 13.0 Å². The molecule has 0 bridgehead atoms. The molecule has 0 aromatic heterocycles. The molecule has 1 N–H and O–H groups in total. The summed E-state index contributed by atoms with van der Waals surface area (Å²) in [5.74, 6) is -0.0901. The van der Waals surface area contributed by atoms with E-state index in [1.807, 2.05) is 13.0 Å². The van der Waals surface area contributed by atoms with E-state index in [-0.39, 0.29) is 11.9 Å². The molecule has 1 saturated heterocycles. The van der Waals surface area contributed by atoms with Crippen LogP contribution in [0, 0.1) is 11.3 Å². The number of amides is 1. The second kappa shape index (κ2) is 6.71. The number of anilines is 1. The minimum Gasteiger partial charge on any atom is -0.379 e. The van der Waals surface area contributed by atoms with Crippen molar-refractivity contribution in [3.8, 4) is 6.07 Å². The van der Waals surface area contributed by atoms with Crippen LogP contribution in [-0.4, -0.2) is 43.2 Å². The molecule has 2 rings (SSSR count). The lowest BCUT2D eigenvalue weighted by atomic mass is 10.2. The molecule has 0 spiro atoms. The largest absolute Gasteiger partial charge is 0.379 e. The van der Waals surface area contributed by atoms with E-state index in [1.165, 1.54) is 0 Å². The molecule has 5 nitrogen and oxygen atoms in total. The first-order valence-electron chi connectivity index (χ1n) is 6.44. The van der Waals surface area contributed by atoms with Gasteiger partial charge in [-0.05, 0) is 25.1 Å². The molecule has 1 aliphatic rings. The number of rotatable bonds is 3. The third kappa shape index (κ3) is 3.48. The van der Waals surface area contributed by atoms with Gasteiger partial charge < -0.3 is 10.1 Å². The second-order valence-corrected chi connectivity index (χ2v) is 5.03. The standard InChI is InChI=1S/C14H16ClN3O2/c1-10(18-4-6-20-7-5-18)14(19)17-12-3-2-11(9-16)13(15)8-12/h2-3,8,10H,4-7H2,1H3,(H,17,19). The number of nitrogens with zero attached hydrogens (tertiary/aromatic N) is 2. The van der Waals surface area contributed by atoms with Crippen molar-refractivity contribution in [3.63, 3.8) is 0 Å². The summed E-state index contributed by atoms with van der Waals surface area (Å²) in [5, 5.41) is 12.0. The smallest absolute Gasteiger partial charge is 0.241 e. The molecule has 0 saturated carbocycles. The monoisotopic (exact) mass is 293 g/mol. The predicted molar refractivity (Wildman–Crippen MR) is 76.7 cm³/mol. The van der Waals surface area contributed by atoms with Crippen molar-refractivity contribution >= 4 is 23.2 Å². The fourth-order valence-electron chi connectivity index (χ4n) is 2.06. The molecule has 1 aliphatic heterocycles. The average Bonchev–Trinajstić information content (AvgIpc) is 2.47. The molecule has 1 aromatic rings. The van der Waals surface area contributed by atoms with Crippen molar-refractivity contribution in [2.75, 3.05) is 31.6 Å². The Labute approximate surface area is 123 Å². The van der Waals surface area contributed by atoms with Crippen molar-refractivity contribution in [1.29, 1.82) is 5.26 Å². The minimum absolute atomic E-state index is 0.0901. The Balaban J connectivity index is 2.00. The number of hydrogen-bond acceptors (Lipinski definition) is 4. The van der Waals surface area contributed by atoms with Crippen LogP contribution in [0.4, 0.5) is 5.69 Å². The maximum absolute atomic E-state index is 12.2. The van der Waals surface area contributed by atoms with Gasteiger partial charge in [0.25, 0.3) is 0 Å². The van der Waals surface area contributed by atoms with Gasteiger partial charge in [-0.2, -0.15) is 5.26 Å². The molecule has 1 atom stereocenters. The summed E-state index contributed by atoms with van der Waals surface area (Å²) >= 11 is 5.94. The first kappa shape index (κ1) is 14.8. The minimum atomic E-state index is -0.228. The van der Waals surface area contributed by atoms with Gasteiger partial charge in [-0.15, -0.1) is 0 Å². The SMILES string of the molecule is CC(C(=O)Nc1ccc(C#N)c(Cl)c1)N1CCOCC1. The van der Waals surface area contributed by atoms with Gasteiger partial charge in [0.15, 0.2) is 0 Å². The fraction of sp³-hybridized carbons (Fsp3) is 0.429. The van der Waals surface area contributed by atoms with E-state index < -0.39 is 0 Å². The number of carbonyl (C=O) groups excluding carboxylic acids is 1. The van der Waals surface area contributed by atoms with Crippen LogP contribution in [0.5, 0.6) is 0 Å². The van der Waals surface area contributed by atoms with Crippen LogP contribution in [0.2, 0.25) is 5.02 Å². The molecule has 20 heavy (non-hydrogen) atoms. The number of ether oxygens (including phenoxy) is 1. The van der Waals surface area contributed by atoms with Gasteiger partial charge in [0, 0.05) is 18.8 Å². The number of carbonyl (C=O) groups is 1. The molecule has 1 unspecified atom stereocenters. The van der Waals surface area contributed by atoms with E-state index in [1.54, 1.807) is 18.2 Å². The lowest BCUT2D eigenvalue weighted by molar-refractivity contribution is -0.122. The average molecular weight is 294 g/mol. The molecule has 1 heterocycles. The molecule has 1 aromatic carbocycles. The van der Waals surface area contributed by atoms with E-state index in [4.69, 9.17) is 21.6 Å². The van der Waals surface area contributed by atoms with Gasteiger partial charge in [-0.1, -0.05) is 11.6 Å². The summed E-state index contributed by atoms with van der Waals surface area (Å²) in [5.41, 5.74) is 0.991. The van der Waals surface area contributed by atoms with Crippen LogP contribution in [0.1, 0.15) is 12.5 Å². The highest BCUT2D eigenvalue weighted by molar-refractivity contribution is 6.32. The predicted octanol–water partition coefficient (Wildman–Crippen LogP) is 1.87. The lowest BCUT2D eigenvalue weighted by Gasteiger charge is -2.31. The molecule has 106 valence electrons. The molecular formula is C14H16ClN3O2. The maximum atomic E-state index is 12.2. The molecule has 0 aliphatic carbocycles. The van der Waals surface area contributed by atoms with Gasteiger partial charge in [-0.3, -0.25) is 9.69 Å². The zero-order chi connectivity index (χ0) is 14.5. The Hall–Kier alpha value is -1.61. The summed E-state index contributed by atoms with van der Waals surface area (Å²) in [6.07, 6.45) is 0. The second-order valence-electron chi connectivity index (χ2n) is 4.62. The number of nitriles is 1. The Morgan fingerprint density at radius 3 is 2.80 bits per heavy atom. The van der Waals surface area contributed by atoms with Crippen molar-refractivity contribution in [1.82, 2.24) is 4.90 Å². The van der Waals surface area contributed by atoms with Crippen molar-refractivity contribution in [2.24, 2.45) is 0 Å². The van der Waals surface area contributed by atoms with E-state index in [0.717, 1.165) is 13.1 Å². The highest BCUT2D eigenvalue weighted by atomic mass is 35.5. The molecule has 1 amide bonds. The van der Waals surface area contributed by atoms with E-state index in [2.05, 4.69) is 10.2 Å². The van der Waals surface area contributed by atoms with E-state index >= 15 is 0 Å². The van der Waals surface area contributed by atoms with Gasteiger partial charge in [0.05, 0.1) is 29.8 Å². The zero-order valence-electron chi connectivity index (χ0n) is 11.2. The fourth-order valence-corrected chi connectivity index (χ4v) is 2.28. The molecule has 6 heteroatoms. The van der Waals surface area contributed by atoms with Gasteiger partial charge in [0.1, 0.15) is 6.07 Å². The lowest BCUT2D eigenvalue weighted by Crippen LogP contribution is -2.47. The van der Waals surface area contributed by atoms with Crippen LogP contribution >= 0.6 is 11.6 Å². The van der Waals surface area contributed by atoms with Crippen molar-refractivity contribution < 1.29 is 9.53 Å². The number of hydrogen-bond donors (Lipinski definition) is 1. The normalized spacial score (nSPS) is 17.2. The quantitative estimate of drug-likeness (QED) is 0.924. The third-order valence-corrected chi connectivity index (χ3v) is 3.64. The van der Waals surface area contributed by atoms with E-state index in [0.29, 0.717) is 29.5 Å². The molecule has 0 radical (unpaired) electrons. The highest BCUT2D eigenvalue weighted by Gasteiger charge is 2.23. The van der Waals surface area contributed by atoms with Gasteiger partial charge in [-0.25, -0.2) is 0 Å². The summed E-state index contributed by atoms with van der Waals surface area (Å²) in [6.45, 7) is 4.68. The Bertz CT molecular complexity index is 536. The zero-order valence-corrected chi connectivity index (χ0v) is 12.0. The summed E-state index contributed by atoms with van der Waals surface area (Å²) in [6, 6.07) is 6.61. The number of halogens is 1. The Morgan fingerprint density at radius 2 is 2.20 bits per heavy atom. The molecular weight excluding hydrogens is 278 g/mol. The highest BCUT2D eigenvalue weighted by Crippen LogP contribution is 2.20. The van der Waals surface area contributed by atoms with Gasteiger partial charge in [0.2, 0.25) is 5.91 Å².